The summed E-state index contributed by atoms with van der Waals surface area (Å²) in [5.41, 5.74) is 0.882. The topological polar surface area (TPSA) is 49.9 Å². The summed E-state index contributed by atoms with van der Waals surface area (Å²) in [6, 6.07) is 7.85. The number of rotatable bonds is 3. The van der Waals surface area contributed by atoms with Gasteiger partial charge in [-0.05, 0) is 51.7 Å². The number of hydrogen-bond acceptors (Lipinski definition) is 3. The summed E-state index contributed by atoms with van der Waals surface area (Å²) in [6.45, 7) is 7.38. The van der Waals surface area contributed by atoms with Gasteiger partial charge in [-0.1, -0.05) is 17.7 Å². The summed E-state index contributed by atoms with van der Waals surface area (Å²) >= 11 is 0. The van der Waals surface area contributed by atoms with Crippen molar-refractivity contribution in [1.82, 2.24) is 9.80 Å². The lowest BCUT2D eigenvalue weighted by atomic mass is 9.76. The molecule has 1 aromatic rings. The van der Waals surface area contributed by atoms with E-state index >= 15 is 0 Å². The third-order valence-corrected chi connectivity index (χ3v) is 5.74. The fourth-order valence-corrected chi connectivity index (χ4v) is 4.39. The Bertz CT molecular complexity index is 643. The van der Waals surface area contributed by atoms with Gasteiger partial charge in [-0.25, -0.2) is 0 Å². The maximum Gasteiger partial charge on any atom is 0.261 e. The van der Waals surface area contributed by atoms with Crippen molar-refractivity contribution < 1.29 is 14.3 Å². The molecule has 2 fully saturated rings. The van der Waals surface area contributed by atoms with Crippen LogP contribution in [0.1, 0.15) is 45.1 Å². The van der Waals surface area contributed by atoms with E-state index in [1.807, 2.05) is 41.0 Å². The molecule has 2 amide bonds. The van der Waals surface area contributed by atoms with E-state index in [0.29, 0.717) is 5.75 Å². The van der Waals surface area contributed by atoms with E-state index in [-0.39, 0.29) is 30.0 Å². The number of fused-ring (bicyclic) bond motifs is 1. The van der Waals surface area contributed by atoms with Crippen LogP contribution in [0.2, 0.25) is 0 Å². The quantitative estimate of drug-likeness (QED) is 0.847. The van der Waals surface area contributed by atoms with Gasteiger partial charge in [-0.15, -0.1) is 0 Å². The summed E-state index contributed by atoms with van der Waals surface area (Å²) in [5.74, 6) is 0.839. The van der Waals surface area contributed by atoms with Crippen LogP contribution in [0.4, 0.5) is 0 Å². The number of amides is 2. The van der Waals surface area contributed by atoms with E-state index in [1.165, 1.54) is 0 Å². The maximum atomic E-state index is 12.9. The van der Waals surface area contributed by atoms with Crippen LogP contribution in [0, 0.1) is 6.92 Å². The minimum Gasteiger partial charge on any atom is -0.484 e. The van der Waals surface area contributed by atoms with Gasteiger partial charge in [0.15, 0.2) is 6.61 Å². The second-order valence-corrected chi connectivity index (χ2v) is 7.48. The standard InChI is InChI=1S/C20H28N2O3/c1-15-7-9-17(10-8-15)25-14-19(24)22-13-4-6-18-20(22,3)11-5-12-21(18)16(2)23/h7-10,18H,4-6,11-14H2,1-3H3/t18-,20-/m0/s1. The molecule has 0 aliphatic carbocycles. The molecule has 25 heavy (non-hydrogen) atoms. The van der Waals surface area contributed by atoms with Crippen LogP contribution < -0.4 is 4.74 Å². The zero-order valence-corrected chi connectivity index (χ0v) is 15.5. The van der Waals surface area contributed by atoms with Crippen LogP contribution >= 0.6 is 0 Å². The first kappa shape index (κ1) is 17.8. The monoisotopic (exact) mass is 344 g/mol. The van der Waals surface area contributed by atoms with E-state index in [9.17, 15) is 9.59 Å². The number of hydrogen-bond donors (Lipinski definition) is 0. The average molecular weight is 344 g/mol. The van der Waals surface area contributed by atoms with Gasteiger partial charge >= 0.3 is 0 Å². The fourth-order valence-electron chi connectivity index (χ4n) is 4.39. The van der Waals surface area contributed by atoms with Gasteiger partial charge in [-0.2, -0.15) is 0 Å². The van der Waals surface area contributed by atoms with Crippen molar-refractivity contribution in [3.8, 4) is 5.75 Å². The van der Waals surface area contributed by atoms with E-state index in [4.69, 9.17) is 4.74 Å². The van der Waals surface area contributed by atoms with Crippen LogP contribution in [0.5, 0.6) is 5.75 Å². The van der Waals surface area contributed by atoms with Crippen LogP contribution in [0.25, 0.3) is 0 Å². The smallest absolute Gasteiger partial charge is 0.261 e. The molecule has 5 nitrogen and oxygen atoms in total. The van der Waals surface area contributed by atoms with Crippen molar-refractivity contribution >= 4 is 11.8 Å². The molecule has 136 valence electrons. The van der Waals surface area contributed by atoms with Gasteiger partial charge in [0.05, 0.1) is 11.6 Å². The summed E-state index contributed by atoms with van der Waals surface area (Å²) < 4.78 is 5.70. The Kier molecular flexibility index (Phi) is 5.02. The summed E-state index contributed by atoms with van der Waals surface area (Å²) in [6.07, 6.45) is 3.78. The second-order valence-electron chi connectivity index (χ2n) is 7.48. The van der Waals surface area contributed by atoms with Gasteiger partial charge in [0.25, 0.3) is 5.91 Å². The number of ether oxygens (including phenoxy) is 1. The Morgan fingerprint density at radius 1 is 1.20 bits per heavy atom. The molecule has 2 saturated heterocycles. The molecule has 2 aliphatic heterocycles. The van der Waals surface area contributed by atoms with Crippen LogP contribution in [0.15, 0.2) is 24.3 Å². The fraction of sp³-hybridized carbons (Fsp3) is 0.600. The summed E-state index contributed by atoms with van der Waals surface area (Å²) in [7, 11) is 0. The Balaban J connectivity index is 1.70. The number of piperidine rings is 2. The lowest BCUT2D eigenvalue weighted by Gasteiger charge is -2.56. The molecule has 2 heterocycles. The number of likely N-dealkylation sites (tertiary alicyclic amines) is 2. The van der Waals surface area contributed by atoms with Crippen molar-refractivity contribution in [2.45, 2.75) is 58.0 Å². The predicted octanol–water partition coefficient (Wildman–Crippen LogP) is 2.77. The van der Waals surface area contributed by atoms with E-state index in [2.05, 4.69) is 6.92 Å². The highest BCUT2D eigenvalue weighted by Gasteiger charge is 2.49. The normalized spacial score (nSPS) is 26.1. The maximum absolute atomic E-state index is 12.9. The zero-order valence-electron chi connectivity index (χ0n) is 15.5. The highest BCUT2D eigenvalue weighted by molar-refractivity contribution is 5.79. The molecule has 2 atom stereocenters. The van der Waals surface area contributed by atoms with E-state index < -0.39 is 0 Å². The molecular formula is C20H28N2O3. The van der Waals surface area contributed by atoms with E-state index in [1.54, 1.807) is 6.92 Å². The first-order chi connectivity index (χ1) is 11.9. The van der Waals surface area contributed by atoms with Crippen molar-refractivity contribution in [1.29, 1.82) is 0 Å². The number of carbonyl (C=O) groups excluding carboxylic acids is 2. The van der Waals surface area contributed by atoms with Crippen molar-refractivity contribution in [2.24, 2.45) is 0 Å². The molecule has 1 aromatic carbocycles. The third kappa shape index (κ3) is 3.51. The zero-order chi connectivity index (χ0) is 18.0. The Morgan fingerprint density at radius 3 is 2.60 bits per heavy atom. The second kappa shape index (κ2) is 7.06. The molecule has 0 unspecified atom stereocenters. The Morgan fingerprint density at radius 2 is 1.92 bits per heavy atom. The number of benzene rings is 1. The van der Waals surface area contributed by atoms with Crippen LogP contribution in [-0.4, -0.2) is 52.9 Å². The molecule has 0 N–H and O–H groups in total. The first-order valence-electron chi connectivity index (χ1n) is 9.19. The van der Waals surface area contributed by atoms with Crippen LogP contribution in [-0.2, 0) is 9.59 Å². The molecule has 0 bridgehead atoms. The van der Waals surface area contributed by atoms with Gasteiger partial charge in [0, 0.05) is 20.0 Å². The molecule has 0 aromatic heterocycles. The van der Waals surface area contributed by atoms with Crippen molar-refractivity contribution in [2.75, 3.05) is 19.7 Å². The summed E-state index contributed by atoms with van der Waals surface area (Å²) in [4.78, 5) is 28.8. The van der Waals surface area contributed by atoms with Crippen LogP contribution in [0.3, 0.4) is 0 Å². The molecule has 2 aliphatic rings. The average Bonchev–Trinajstić information content (AvgIpc) is 2.59. The Labute approximate surface area is 149 Å². The minimum atomic E-state index is -0.282. The van der Waals surface area contributed by atoms with Gasteiger partial charge in [-0.3, -0.25) is 9.59 Å². The number of aryl methyl sites for hydroxylation is 1. The summed E-state index contributed by atoms with van der Waals surface area (Å²) in [5, 5.41) is 0. The molecular weight excluding hydrogens is 316 g/mol. The highest BCUT2D eigenvalue weighted by Crippen LogP contribution is 2.39. The molecule has 0 radical (unpaired) electrons. The predicted molar refractivity (Wildman–Crippen MR) is 96.4 cm³/mol. The lowest BCUT2D eigenvalue weighted by molar-refractivity contribution is -0.156. The minimum absolute atomic E-state index is 0.0122. The third-order valence-electron chi connectivity index (χ3n) is 5.74. The Hall–Kier alpha value is -2.04. The SMILES string of the molecule is CC(=O)N1CCC[C@@]2(C)[C@@H]1CCCN2C(=O)COc1ccc(C)cc1. The molecule has 3 rings (SSSR count). The molecule has 5 heteroatoms. The first-order valence-corrected chi connectivity index (χ1v) is 9.19. The van der Waals surface area contributed by atoms with Crippen molar-refractivity contribution in [3.63, 3.8) is 0 Å². The lowest BCUT2D eigenvalue weighted by Crippen LogP contribution is -2.68. The highest BCUT2D eigenvalue weighted by atomic mass is 16.5. The largest absolute Gasteiger partial charge is 0.484 e. The van der Waals surface area contributed by atoms with E-state index in [0.717, 1.165) is 44.3 Å². The molecule has 0 spiro atoms. The van der Waals surface area contributed by atoms with Gasteiger partial charge in [0.1, 0.15) is 5.75 Å². The molecule has 0 saturated carbocycles. The van der Waals surface area contributed by atoms with Gasteiger partial charge < -0.3 is 14.5 Å². The van der Waals surface area contributed by atoms with Gasteiger partial charge in [0.2, 0.25) is 5.91 Å². The van der Waals surface area contributed by atoms with Crippen molar-refractivity contribution in [3.05, 3.63) is 29.8 Å². The number of carbonyl (C=O) groups is 2. The number of nitrogens with zero attached hydrogens (tertiary/aromatic N) is 2.